The van der Waals surface area contributed by atoms with Crippen molar-refractivity contribution in [3.8, 4) is 23.3 Å². The molecule has 0 bridgehead atoms. The second-order valence-electron chi connectivity index (χ2n) is 6.61. The Kier molecular flexibility index (Phi) is 5.26. The zero-order chi connectivity index (χ0) is 18.6. The molecule has 1 aromatic heterocycles. The summed E-state index contributed by atoms with van der Waals surface area (Å²) in [5.41, 5.74) is 0.977. The third-order valence-electron chi connectivity index (χ3n) is 4.68. The fourth-order valence-electron chi connectivity index (χ4n) is 3.35. The first kappa shape index (κ1) is 17.8. The summed E-state index contributed by atoms with van der Waals surface area (Å²) in [6, 6.07) is 5.93. The lowest BCUT2D eigenvalue weighted by molar-refractivity contribution is -0.0290. The predicted molar refractivity (Wildman–Crippen MR) is 96.3 cm³/mol. The van der Waals surface area contributed by atoms with Gasteiger partial charge in [0.2, 0.25) is 5.75 Å². The number of piperidine rings is 1. The van der Waals surface area contributed by atoms with Gasteiger partial charge >= 0.3 is 6.01 Å². The van der Waals surface area contributed by atoms with Crippen LogP contribution in [0.25, 0.3) is 0 Å². The maximum absolute atomic E-state index is 10.6. The molecule has 0 radical (unpaired) electrons. The number of rotatable bonds is 5. The summed E-state index contributed by atoms with van der Waals surface area (Å²) in [6.45, 7) is 3.03. The van der Waals surface area contributed by atoms with Gasteiger partial charge in [-0.2, -0.15) is 0 Å². The van der Waals surface area contributed by atoms with Gasteiger partial charge in [0.25, 0.3) is 0 Å². The quantitative estimate of drug-likeness (QED) is 0.839. The predicted octanol–water partition coefficient (Wildman–Crippen LogP) is 1.27. The molecule has 1 aromatic carbocycles. The second-order valence-corrected chi connectivity index (χ2v) is 6.61. The molecule has 2 aliphatic heterocycles. The molecule has 2 aliphatic rings. The lowest BCUT2D eigenvalue weighted by atomic mass is 10.0. The molecule has 0 saturated carbocycles. The highest BCUT2D eigenvalue weighted by Crippen LogP contribution is 2.40. The van der Waals surface area contributed by atoms with E-state index in [1.54, 1.807) is 12.4 Å². The van der Waals surface area contributed by atoms with E-state index in [0.717, 1.165) is 12.1 Å². The topological polar surface area (TPSA) is 86.2 Å². The number of benzene rings is 1. The number of likely N-dealkylation sites (tertiary alicyclic amines) is 1. The SMILES string of the molecule is COc1ncc(CN2CC[C@@H](Oc3cccc4c3OCCO4)[C@H](O)C2)cn1. The Hall–Kier alpha value is -2.58. The number of methoxy groups -OCH3 is 1. The van der Waals surface area contributed by atoms with Crippen LogP contribution in [0.3, 0.4) is 0 Å². The highest BCUT2D eigenvalue weighted by molar-refractivity contribution is 5.51. The van der Waals surface area contributed by atoms with Crippen LogP contribution in [0.4, 0.5) is 0 Å². The first-order valence-corrected chi connectivity index (χ1v) is 9.03. The van der Waals surface area contributed by atoms with Crippen molar-refractivity contribution in [1.82, 2.24) is 14.9 Å². The molecule has 8 nitrogen and oxygen atoms in total. The molecule has 1 N–H and O–H groups in total. The van der Waals surface area contributed by atoms with Gasteiger partial charge in [0.05, 0.1) is 7.11 Å². The smallest absolute Gasteiger partial charge is 0.316 e. The van der Waals surface area contributed by atoms with E-state index in [1.807, 2.05) is 18.2 Å². The third-order valence-corrected chi connectivity index (χ3v) is 4.68. The number of β-amino-alcohol motifs (C(OH)–C–C–N with tert-alkyl or cyclic N) is 1. The number of hydrogen-bond donors (Lipinski definition) is 1. The van der Waals surface area contributed by atoms with E-state index >= 15 is 0 Å². The van der Waals surface area contributed by atoms with Crippen molar-refractivity contribution in [1.29, 1.82) is 0 Å². The van der Waals surface area contributed by atoms with Gasteiger partial charge in [0.1, 0.15) is 25.4 Å². The second kappa shape index (κ2) is 7.98. The summed E-state index contributed by atoms with van der Waals surface area (Å²) in [5.74, 6) is 1.92. The molecule has 0 amide bonds. The summed E-state index contributed by atoms with van der Waals surface area (Å²) in [7, 11) is 1.54. The first-order chi connectivity index (χ1) is 13.2. The van der Waals surface area contributed by atoms with Crippen LogP contribution in [0.5, 0.6) is 23.3 Å². The lowest BCUT2D eigenvalue weighted by Gasteiger charge is -2.36. The summed E-state index contributed by atoms with van der Waals surface area (Å²) < 4.78 is 22.3. The number of aliphatic hydroxyl groups is 1. The molecule has 2 aromatic rings. The first-order valence-electron chi connectivity index (χ1n) is 9.03. The molecular formula is C19H23N3O5. The van der Waals surface area contributed by atoms with Crippen molar-refractivity contribution < 1.29 is 24.1 Å². The largest absolute Gasteiger partial charge is 0.486 e. The van der Waals surface area contributed by atoms with Crippen LogP contribution in [0, 0.1) is 0 Å². The molecule has 3 heterocycles. The van der Waals surface area contributed by atoms with Crippen LogP contribution in [-0.2, 0) is 6.54 Å². The number of aromatic nitrogens is 2. The number of fused-ring (bicyclic) bond motifs is 1. The number of ether oxygens (including phenoxy) is 4. The molecule has 1 fully saturated rings. The number of para-hydroxylation sites is 1. The average molecular weight is 373 g/mol. The zero-order valence-electron chi connectivity index (χ0n) is 15.2. The summed E-state index contributed by atoms with van der Waals surface area (Å²) in [5, 5.41) is 10.6. The molecule has 27 heavy (non-hydrogen) atoms. The van der Waals surface area contributed by atoms with Gasteiger partial charge < -0.3 is 24.1 Å². The number of aliphatic hydroxyl groups excluding tert-OH is 1. The minimum atomic E-state index is -0.599. The molecule has 0 aliphatic carbocycles. The van der Waals surface area contributed by atoms with Crippen molar-refractivity contribution in [3.63, 3.8) is 0 Å². The van der Waals surface area contributed by atoms with Crippen molar-refractivity contribution in [2.75, 3.05) is 33.4 Å². The van der Waals surface area contributed by atoms with Gasteiger partial charge in [-0.3, -0.25) is 4.90 Å². The van der Waals surface area contributed by atoms with E-state index in [4.69, 9.17) is 18.9 Å². The standard InChI is InChI=1S/C19H23N3O5/c1-24-19-20-9-13(10-21-19)11-22-6-5-15(14(23)12-22)27-17-4-2-3-16-18(17)26-8-7-25-16/h2-4,9-10,14-15,23H,5-8,11-12H2,1H3/t14-,15-/m1/s1. The molecule has 1 saturated heterocycles. The van der Waals surface area contributed by atoms with Crippen LogP contribution in [0.15, 0.2) is 30.6 Å². The number of nitrogens with zero attached hydrogens (tertiary/aromatic N) is 3. The van der Waals surface area contributed by atoms with Crippen LogP contribution in [-0.4, -0.2) is 65.6 Å². The highest BCUT2D eigenvalue weighted by Gasteiger charge is 2.31. The van der Waals surface area contributed by atoms with Gasteiger partial charge in [-0.15, -0.1) is 0 Å². The molecule has 2 atom stereocenters. The zero-order valence-corrected chi connectivity index (χ0v) is 15.2. The van der Waals surface area contributed by atoms with Gasteiger partial charge in [-0.05, 0) is 18.6 Å². The van der Waals surface area contributed by atoms with Gasteiger partial charge in [0, 0.05) is 37.6 Å². The molecule has 0 spiro atoms. The third kappa shape index (κ3) is 4.06. The van der Waals surface area contributed by atoms with Crippen molar-refractivity contribution in [2.45, 2.75) is 25.2 Å². The Morgan fingerprint density at radius 1 is 1.22 bits per heavy atom. The van der Waals surface area contributed by atoms with Gasteiger partial charge in [-0.25, -0.2) is 9.97 Å². The van der Waals surface area contributed by atoms with Gasteiger partial charge in [0.15, 0.2) is 11.5 Å². The fourth-order valence-corrected chi connectivity index (χ4v) is 3.35. The minimum absolute atomic E-state index is 0.287. The lowest BCUT2D eigenvalue weighted by Crippen LogP contribution is -2.48. The van der Waals surface area contributed by atoms with E-state index < -0.39 is 6.10 Å². The fraction of sp³-hybridized carbons (Fsp3) is 0.474. The van der Waals surface area contributed by atoms with E-state index in [9.17, 15) is 5.11 Å². The van der Waals surface area contributed by atoms with Crippen molar-refractivity contribution >= 4 is 0 Å². The van der Waals surface area contributed by atoms with E-state index in [2.05, 4.69) is 14.9 Å². The normalized spacial score (nSPS) is 22.3. The monoisotopic (exact) mass is 373 g/mol. The molecule has 144 valence electrons. The van der Waals surface area contributed by atoms with Crippen LogP contribution in [0.2, 0.25) is 0 Å². The Labute approximate surface area is 157 Å². The van der Waals surface area contributed by atoms with E-state index in [-0.39, 0.29) is 6.10 Å². The maximum Gasteiger partial charge on any atom is 0.316 e. The Bertz CT molecular complexity index is 770. The Balaban J connectivity index is 1.36. The van der Waals surface area contributed by atoms with Crippen LogP contribution in [0.1, 0.15) is 12.0 Å². The summed E-state index contributed by atoms with van der Waals surface area (Å²) >= 11 is 0. The Morgan fingerprint density at radius 2 is 2.04 bits per heavy atom. The molecule has 8 heteroatoms. The number of hydrogen-bond acceptors (Lipinski definition) is 8. The Morgan fingerprint density at radius 3 is 2.81 bits per heavy atom. The van der Waals surface area contributed by atoms with Crippen LogP contribution < -0.4 is 18.9 Å². The molecule has 0 unspecified atom stereocenters. The van der Waals surface area contributed by atoms with Crippen molar-refractivity contribution in [2.24, 2.45) is 0 Å². The van der Waals surface area contributed by atoms with Crippen LogP contribution >= 0.6 is 0 Å². The van der Waals surface area contributed by atoms with Crippen molar-refractivity contribution in [3.05, 3.63) is 36.2 Å². The maximum atomic E-state index is 10.6. The summed E-state index contributed by atoms with van der Waals surface area (Å²) in [6.07, 6.45) is 3.31. The van der Waals surface area contributed by atoms with Gasteiger partial charge in [-0.1, -0.05) is 6.07 Å². The van der Waals surface area contributed by atoms with E-state index in [1.165, 1.54) is 7.11 Å². The molecule has 4 rings (SSSR count). The highest BCUT2D eigenvalue weighted by atomic mass is 16.6. The minimum Gasteiger partial charge on any atom is -0.486 e. The average Bonchev–Trinajstić information content (AvgIpc) is 2.71. The summed E-state index contributed by atoms with van der Waals surface area (Å²) in [4.78, 5) is 10.4. The molecular weight excluding hydrogens is 350 g/mol. The van der Waals surface area contributed by atoms with E-state index in [0.29, 0.717) is 56.0 Å².